The molecule has 0 bridgehead atoms. The summed E-state index contributed by atoms with van der Waals surface area (Å²) in [6.07, 6.45) is 2.24. The van der Waals surface area contributed by atoms with Gasteiger partial charge in [0.1, 0.15) is 0 Å². The van der Waals surface area contributed by atoms with Crippen LogP contribution in [0.2, 0.25) is 0 Å². The van der Waals surface area contributed by atoms with Gasteiger partial charge in [0.25, 0.3) is 5.69 Å². The van der Waals surface area contributed by atoms with Crippen molar-refractivity contribution in [2.24, 2.45) is 0 Å². The SMILES string of the molecule is CCCCN(CC)c1ccc([N+](=O)[O-])c(CCl)c1. The van der Waals surface area contributed by atoms with Crippen LogP contribution in [0.1, 0.15) is 32.3 Å². The minimum Gasteiger partial charge on any atom is -0.372 e. The van der Waals surface area contributed by atoms with Crippen LogP contribution in [0.4, 0.5) is 11.4 Å². The molecule has 100 valence electrons. The highest BCUT2D eigenvalue weighted by Crippen LogP contribution is 2.26. The van der Waals surface area contributed by atoms with Gasteiger partial charge in [-0.15, -0.1) is 11.6 Å². The summed E-state index contributed by atoms with van der Waals surface area (Å²) in [7, 11) is 0. The molecule has 0 saturated carbocycles. The molecule has 1 aromatic rings. The van der Waals surface area contributed by atoms with Crippen molar-refractivity contribution < 1.29 is 4.92 Å². The van der Waals surface area contributed by atoms with Crippen molar-refractivity contribution in [3.63, 3.8) is 0 Å². The van der Waals surface area contributed by atoms with Crippen LogP contribution < -0.4 is 4.90 Å². The van der Waals surface area contributed by atoms with Crippen LogP contribution in [-0.4, -0.2) is 18.0 Å². The van der Waals surface area contributed by atoms with Gasteiger partial charge in [-0.3, -0.25) is 10.1 Å². The lowest BCUT2D eigenvalue weighted by molar-refractivity contribution is -0.385. The van der Waals surface area contributed by atoms with E-state index in [4.69, 9.17) is 11.6 Å². The summed E-state index contributed by atoms with van der Waals surface area (Å²) < 4.78 is 0. The van der Waals surface area contributed by atoms with Gasteiger partial charge >= 0.3 is 0 Å². The summed E-state index contributed by atoms with van der Waals surface area (Å²) in [5, 5.41) is 10.8. The Morgan fingerprint density at radius 1 is 1.39 bits per heavy atom. The van der Waals surface area contributed by atoms with E-state index in [9.17, 15) is 10.1 Å². The fourth-order valence-electron chi connectivity index (χ4n) is 1.87. The number of nitro groups is 1. The van der Waals surface area contributed by atoms with Gasteiger partial charge in [0.05, 0.1) is 10.8 Å². The monoisotopic (exact) mass is 270 g/mol. The number of rotatable bonds is 7. The number of hydrogen-bond acceptors (Lipinski definition) is 3. The Bertz CT molecular complexity index is 410. The van der Waals surface area contributed by atoms with Gasteiger partial charge in [0.15, 0.2) is 0 Å². The van der Waals surface area contributed by atoms with Crippen molar-refractivity contribution in [2.45, 2.75) is 32.6 Å². The fraction of sp³-hybridized carbons (Fsp3) is 0.538. The topological polar surface area (TPSA) is 46.4 Å². The van der Waals surface area contributed by atoms with Crippen LogP contribution in [0.15, 0.2) is 18.2 Å². The summed E-state index contributed by atoms with van der Waals surface area (Å²) >= 11 is 5.78. The molecule has 0 radical (unpaired) electrons. The molecule has 18 heavy (non-hydrogen) atoms. The second-order valence-corrected chi connectivity index (χ2v) is 4.40. The van der Waals surface area contributed by atoms with Gasteiger partial charge in [-0.25, -0.2) is 0 Å². The molecule has 0 heterocycles. The molecular weight excluding hydrogens is 252 g/mol. The predicted octanol–water partition coefficient (Wildman–Crippen LogP) is 3.96. The number of halogens is 1. The molecular formula is C13H19ClN2O2. The third-order valence-corrected chi connectivity index (χ3v) is 3.22. The van der Waals surface area contributed by atoms with Crippen molar-refractivity contribution in [1.29, 1.82) is 0 Å². The average Bonchev–Trinajstić information content (AvgIpc) is 2.39. The highest BCUT2D eigenvalue weighted by Gasteiger charge is 2.15. The maximum atomic E-state index is 10.8. The normalized spacial score (nSPS) is 10.4. The molecule has 0 spiro atoms. The lowest BCUT2D eigenvalue weighted by Gasteiger charge is -2.23. The summed E-state index contributed by atoms with van der Waals surface area (Å²) in [4.78, 5) is 12.7. The van der Waals surface area contributed by atoms with E-state index in [2.05, 4.69) is 18.7 Å². The average molecular weight is 271 g/mol. The number of anilines is 1. The number of hydrogen-bond donors (Lipinski definition) is 0. The summed E-state index contributed by atoms with van der Waals surface area (Å²) in [5.74, 6) is 0.162. The van der Waals surface area contributed by atoms with Crippen LogP contribution in [0.5, 0.6) is 0 Å². The lowest BCUT2D eigenvalue weighted by Crippen LogP contribution is -2.23. The molecule has 0 aliphatic carbocycles. The van der Waals surface area contributed by atoms with Gasteiger partial charge in [-0.2, -0.15) is 0 Å². The van der Waals surface area contributed by atoms with Crippen LogP contribution in [0, 0.1) is 10.1 Å². The Morgan fingerprint density at radius 2 is 2.11 bits per heavy atom. The van der Waals surface area contributed by atoms with Gasteiger partial charge in [-0.1, -0.05) is 13.3 Å². The molecule has 4 nitrogen and oxygen atoms in total. The Morgan fingerprint density at radius 3 is 2.61 bits per heavy atom. The van der Waals surface area contributed by atoms with Gasteiger partial charge in [-0.05, 0) is 25.5 Å². The maximum Gasteiger partial charge on any atom is 0.273 e. The van der Waals surface area contributed by atoms with Crippen molar-refractivity contribution >= 4 is 23.0 Å². The van der Waals surface area contributed by atoms with E-state index in [-0.39, 0.29) is 16.5 Å². The van der Waals surface area contributed by atoms with Crippen LogP contribution in [0.25, 0.3) is 0 Å². The van der Waals surface area contributed by atoms with Crippen molar-refractivity contribution in [1.82, 2.24) is 0 Å². The second-order valence-electron chi connectivity index (χ2n) is 4.14. The first-order chi connectivity index (χ1) is 8.63. The largest absolute Gasteiger partial charge is 0.372 e. The van der Waals surface area contributed by atoms with E-state index in [1.807, 2.05) is 6.07 Å². The number of benzene rings is 1. The minimum absolute atomic E-state index is 0.0975. The van der Waals surface area contributed by atoms with Gasteiger partial charge in [0, 0.05) is 30.4 Å². The number of alkyl halides is 1. The molecule has 1 rings (SSSR count). The van der Waals surface area contributed by atoms with Crippen molar-refractivity contribution in [2.75, 3.05) is 18.0 Å². The molecule has 5 heteroatoms. The van der Waals surface area contributed by atoms with Gasteiger partial charge < -0.3 is 4.90 Å². The molecule has 0 N–H and O–H groups in total. The molecule has 0 fully saturated rings. The number of nitrogens with zero attached hydrogens (tertiary/aromatic N) is 2. The zero-order chi connectivity index (χ0) is 13.5. The zero-order valence-electron chi connectivity index (χ0n) is 10.9. The minimum atomic E-state index is -0.385. The first kappa shape index (κ1) is 14.8. The highest BCUT2D eigenvalue weighted by atomic mass is 35.5. The van der Waals surface area contributed by atoms with E-state index in [1.54, 1.807) is 12.1 Å². The third-order valence-electron chi connectivity index (χ3n) is 2.93. The predicted molar refractivity (Wildman–Crippen MR) is 75.4 cm³/mol. The van der Waals surface area contributed by atoms with E-state index < -0.39 is 0 Å². The lowest BCUT2D eigenvalue weighted by atomic mass is 10.1. The third kappa shape index (κ3) is 3.60. The standard InChI is InChI=1S/C13H19ClN2O2/c1-3-5-8-15(4-2)12-6-7-13(16(17)18)11(9-12)10-14/h6-7,9H,3-5,8,10H2,1-2H3. The molecule has 0 aliphatic heterocycles. The Labute approximate surface area is 113 Å². The smallest absolute Gasteiger partial charge is 0.273 e. The maximum absolute atomic E-state index is 10.8. The van der Waals surface area contributed by atoms with Crippen LogP contribution in [-0.2, 0) is 5.88 Å². The first-order valence-electron chi connectivity index (χ1n) is 6.22. The Balaban J connectivity index is 2.99. The van der Waals surface area contributed by atoms with E-state index in [1.165, 1.54) is 0 Å². The van der Waals surface area contributed by atoms with Crippen molar-refractivity contribution in [3.05, 3.63) is 33.9 Å². The molecule has 1 aromatic carbocycles. The van der Waals surface area contributed by atoms with E-state index >= 15 is 0 Å². The fourth-order valence-corrected chi connectivity index (χ4v) is 2.09. The summed E-state index contributed by atoms with van der Waals surface area (Å²) in [6.45, 7) is 6.08. The van der Waals surface area contributed by atoms with Crippen LogP contribution in [0.3, 0.4) is 0 Å². The number of nitro benzene ring substituents is 1. The van der Waals surface area contributed by atoms with Gasteiger partial charge in [0.2, 0.25) is 0 Å². The second kappa shape index (κ2) is 7.21. The molecule has 0 atom stereocenters. The first-order valence-corrected chi connectivity index (χ1v) is 6.75. The Hall–Kier alpha value is -1.29. The van der Waals surface area contributed by atoms with E-state index in [0.29, 0.717) is 5.56 Å². The Kier molecular flexibility index (Phi) is 5.92. The molecule has 0 amide bonds. The van der Waals surface area contributed by atoms with Crippen molar-refractivity contribution in [3.8, 4) is 0 Å². The number of unbranched alkanes of at least 4 members (excludes halogenated alkanes) is 1. The summed E-state index contributed by atoms with van der Waals surface area (Å²) in [6, 6.07) is 5.17. The summed E-state index contributed by atoms with van der Waals surface area (Å²) in [5.41, 5.74) is 1.68. The molecule has 0 unspecified atom stereocenters. The molecule has 0 aromatic heterocycles. The highest BCUT2D eigenvalue weighted by molar-refractivity contribution is 6.17. The molecule has 0 saturated heterocycles. The van der Waals surface area contributed by atoms with E-state index in [0.717, 1.165) is 31.6 Å². The van der Waals surface area contributed by atoms with Crippen LogP contribution >= 0.6 is 11.6 Å². The zero-order valence-corrected chi connectivity index (χ0v) is 11.6. The molecule has 0 aliphatic rings. The quantitative estimate of drug-likeness (QED) is 0.428.